The molecule has 1 unspecified atom stereocenters. The predicted molar refractivity (Wildman–Crippen MR) is 65.8 cm³/mol. The van der Waals surface area contributed by atoms with Gasteiger partial charge >= 0.3 is 0 Å². The molecule has 1 aliphatic rings. The summed E-state index contributed by atoms with van der Waals surface area (Å²) in [5.41, 5.74) is 5.95. The van der Waals surface area contributed by atoms with Crippen LogP contribution in [-0.4, -0.2) is 26.0 Å². The van der Waals surface area contributed by atoms with Crippen molar-refractivity contribution in [1.29, 1.82) is 0 Å². The zero-order valence-electron chi connectivity index (χ0n) is 10.2. The SMILES string of the molecule is Cc1c(-c2cc3c([nH]2)CC(O)CC3)cnn1C. The number of aromatic amines is 1. The van der Waals surface area contributed by atoms with Gasteiger partial charge in [0.15, 0.2) is 0 Å². The molecule has 0 aromatic carbocycles. The minimum absolute atomic E-state index is 0.191. The maximum atomic E-state index is 9.66. The van der Waals surface area contributed by atoms with Crippen molar-refractivity contribution in [2.45, 2.75) is 32.3 Å². The molecule has 0 amide bonds. The van der Waals surface area contributed by atoms with Gasteiger partial charge in [0.2, 0.25) is 0 Å². The number of H-pyrrole nitrogens is 1. The molecule has 0 spiro atoms. The highest BCUT2D eigenvalue weighted by Gasteiger charge is 2.20. The highest BCUT2D eigenvalue weighted by molar-refractivity contribution is 5.63. The van der Waals surface area contributed by atoms with Gasteiger partial charge in [0.25, 0.3) is 0 Å². The number of hydrogen-bond donors (Lipinski definition) is 2. The Morgan fingerprint density at radius 3 is 3.06 bits per heavy atom. The normalized spacial score (nSPS) is 19.4. The van der Waals surface area contributed by atoms with Crippen LogP contribution in [-0.2, 0) is 19.9 Å². The highest BCUT2D eigenvalue weighted by Crippen LogP contribution is 2.28. The topological polar surface area (TPSA) is 53.8 Å². The molecule has 90 valence electrons. The highest BCUT2D eigenvalue weighted by atomic mass is 16.3. The van der Waals surface area contributed by atoms with Crippen molar-refractivity contribution in [3.8, 4) is 11.3 Å². The number of aliphatic hydroxyl groups excluding tert-OH is 1. The van der Waals surface area contributed by atoms with Gasteiger partial charge in [-0.05, 0) is 31.4 Å². The molecule has 2 N–H and O–H groups in total. The van der Waals surface area contributed by atoms with E-state index in [9.17, 15) is 5.11 Å². The lowest BCUT2D eigenvalue weighted by molar-refractivity contribution is 0.157. The van der Waals surface area contributed by atoms with Crippen molar-refractivity contribution in [1.82, 2.24) is 14.8 Å². The van der Waals surface area contributed by atoms with Gasteiger partial charge in [0.05, 0.1) is 12.3 Å². The Labute approximate surface area is 100 Å². The first kappa shape index (κ1) is 10.6. The minimum atomic E-state index is -0.191. The Balaban J connectivity index is 2.03. The fourth-order valence-electron chi connectivity index (χ4n) is 2.51. The van der Waals surface area contributed by atoms with E-state index in [2.05, 4.69) is 23.1 Å². The van der Waals surface area contributed by atoms with Crippen LogP contribution in [0.2, 0.25) is 0 Å². The average Bonchev–Trinajstić information content (AvgIpc) is 2.83. The number of fused-ring (bicyclic) bond motifs is 1. The first-order chi connectivity index (χ1) is 8.15. The van der Waals surface area contributed by atoms with Crippen LogP contribution in [0.3, 0.4) is 0 Å². The van der Waals surface area contributed by atoms with Crippen LogP contribution in [0.5, 0.6) is 0 Å². The van der Waals surface area contributed by atoms with Gasteiger partial charge in [-0.25, -0.2) is 0 Å². The molecule has 0 aliphatic heterocycles. The third-order valence-electron chi connectivity index (χ3n) is 3.70. The molecule has 2 aromatic rings. The largest absolute Gasteiger partial charge is 0.393 e. The summed E-state index contributed by atoms with van der Waals surface area (Å²) in [6.07, 6.45) is 4.28. The fraction of sp³-hybridized carbons (Fsp3) is 0.462. The predicted octanol–water partition coefficient (Wildman–Crippen LogP) is 1.57. The monoisotopic (exact) mass is 231 g/mol. The number of aryl methyl sites for hydroxylation is 2. The molecule has 17 heavy (non-hydrogen) atoms. The number of nitrogens with zero attached hydrogens (tertiary/aromatic N) is 2. The zero-order chi connectivity index (χ0) is 12.0. The van der Waals surface area contributed by atoms with E-state index in [0.29, 0.717) is 0 Å². The molecule has 0 radical (unpaired) electrons. The maximum Gasteiger partial charge on any atom is 0.0598 e. The van der Waals surface area contributed by atoms with E-state index in [1.165, 1.54) is 11.3 Å². The van der Waals surface area contributed by atoms with Gasteiger partial charge in [-0.3, -0.25) is 4.68 Å². The maximum absolute atomic E-state index is 9.66. The lowest BCUT2D eigenvalue weighted by Crippen LogP contribution is -2.17. The molecule has 0 fully saturated rings. The van der Waals surface area contributed by atoms with Gasteiger partial charge in [-0.1, -0.05) is 0 Å². The number of aliphatic hydroxyl groups is 1. The van der Waals surface area contributed by atoms with Gasteiger partial charge in [0.1, 0.15) is 0 Å². The van der Waals surface area contributed by atoms with Gasteiger partial charge < -0.3 is 10.1 Å². The van der Waals surface area contributed by atoms with E-state index in [0.717, 1.165) is 36.2 Å². The second-order valence-corrected chi connectivity index (χ2v) is 4.85. The third kappa shape index (κ3) is 1.69. The zero-order valence-corrected chi connectivity index (χ0v) is 10.2. The van der Waals surface area contributed by atoms with Crippen molar-refractivity contribution in [2.75, 3.05) is 0 Å². The van der Waals surface area contributed by atoms with Gasteiger partial charge in [-0.2, -0.15) is 5.10 Å². The average molecular weight is 231 g/mol. The molecule has 3 rings (SSSR count). The number of rotatable bonds is 1. The molecule has 2 heterocycles. The van der Waals surface area contributed by atoms with Crippen LogP contribution in [0.15, 0.2) is 12.3 Å². The molecule has 0 saturated heterocycles. The molecule has 4 nitrogen and oxygen atoms in total. The lowest BCUT2D eigenvalue weighted by atomic mass is 9.96. The summed E-state index contributed by atoms with van der Waals surface area (Å²) in [4.78, 5) is 3.42. The second-order valence-electron chi connectivity index (χ2n) is 4.85. The molecule has 1 atom stereocenters. The van der Waals surface area contributed by atoms with E-state index in [1.807, 2.05) is 17.9 Å². The van der Waals surface area contributed by atoms with E-state index in [1.54, 1.807) is 0 Å². The quantitative estimate of drug-likeness (QED) is 0.782. The van der Waals surface area contributed by atoms with Crippen molar-refractivity contribution in [3.63, 3.8) is 0 Å². The molecule has 0 bridgehead atoms. The van der Waals surface area contributed by atoms with Crippen molar-refractivity contribution in [3.05, 3.63) is 29.2 Å². The minimum Gasteiger partial charge on any atom is -0.393 e. The Morgan fingerprint density at radius 2 is 2.35 bits per heavy atom. The second kappa shape index (κ2) is 3.74. The number of aromatic nitrogens is 3. The van der Waals surface area contributed by atoms with E-state index in [-0.39, 0.29) is 6.10 Å². The van der Waals surface area contributed by atoms with E-state index in [4.69, 9.17) is 0 Å². The van der Waals surface area contributed by atoms with Crippen LogP contribution in [0.1, 0.15) is 23.4 Å². The number of nitrogens with one attached hydrogen (secondary N) is 1. The Hall–Kier alpha value is -1.55. The van der Waals surface area contributed by atoms with Crippen LogP contribution < -0.4 is 0 Å². The van der Waals surface area contributed by atoms with Gasteiger partial charge in [0, 0.05) is 36.1 Å². The van der Waals surface area contributed by atoms with E-state index >= 15 is 0 Å². The molecule has 1 aliphatic carbocycles. The van der Waals surface area contributed by atoms with Gasteiger partial charge in [-0.15, -0.1) is 0 Å². The summed E-state index contributed by atoms with van der Waals surface area (Å²) in [5, 5.41) is 13.9. The summed E-state index contributed by atoms with van der Waals surface area (Å²) in [7, 11) is 1.95. The van der Waals surface area contributed by atoms with Crippen LogP contribution in [0.4, 0.5) is 0 Å². The molecule has 0 saturated carbocycles. The van der Waals surface area contributed by atoms with E-state index < -0.39 is 0 Å². The fourth-order valence-corrected chi connectivity index (χ4v) is 2.51. The summed E-state index contributed by atoms with van der Waals surface area (Å²) < 4.78 is 1.88. The Kier molecular flexibility index (Phi) is 2.33. The van der Waals surface area contributed by atoms with Crippen molar-refractivity contribution in [2.24, 2.45) is 7.05 Å². The Bertz CT molecular complexity index is 553. The molecular weight excluding hydrogens is 214 g/mol. The first-order valence-corrected chi connectivity index (χ1v) is 6.03. The molecular formula is C13H17N3O. The molecule has 2 aromatic heterocycles. The summed E-state index contributed by atoms with van der Waals surface area (Å²) in [6.45, 7) is 2.07. The lowest BCUT2D eigenvalue weighted by Gasteiger charge is -2.16. The number of hydrogen-bond acceptors (Lipinski definition) is 2. The third-order valence-corrected chi connectivity index (χ3v) is 3.70. The molecule has 4 heteroatoms. The summed E-state index contributed by atoms with van der Waals surface area (Å²) in [6, 6.07) is 2.20. The van der Waals surface area contributed by atoms with Crippen molar-refractivity contribution >= 4 is 0 Å². The van der Waals surface area contributed by atoms with Crippen LogP contribution in [0.25, 0.3) is 11.3 Å². The standard InChI is InChI=1S/C13H17N3O/c1-8-11(7-14-16(8)2)13-5-9-3-4-10(17)6-12(9)15-13/h5,7,10,15,17H,3-4,6H2,1-2H3. The summed E-state index contributed by atoms with van der Waals surface area (Å²) in [5.74, 6) is 0. The van der Waals surface area contributed by atoms with Crippen LogP contribution >= 0.6 is 0 Å². The van der Waals surface area contributed by atoms with Crippen molar-refractivity contribution < 1.29 is 5.11 Å². The summed E-state index contributed by atoms with van der Waals surface area (Å²) >= 11 is 0. The van der Waals surface area contributed by atoms with Crippen LogP contribution in [0, 0.1) is 6.92 Å². The Morgan fingerprint density at radius 1 is 1.53 bits per heavy atom. The smallest absolute Gasteiger partial charge is 0.0598 e. The first-order valence-electron chi connectivity index (χ1n) is 6.03.